The van der Waals surface area contributed by atoms with Crippen molar-refractivity contribution in [2.24, 2.45) is 4.99 Å². The van der Waals surface area contributed by atoms with Crippen LogP contribution in [-0.2, 0) is 6.42 Å². The predicted molar refractivity (Wildman–Crippen MR) is 103 cm³/mol. The average molecular weight is 362 g/mol. The molecule has 2 N–H and O–H groups in total. The summed E-state index contributed by atoms with van der Waals surface area (Å²) in [6.07, 6.45) is 0.648. The number of hydrogen-bond acceptors (Lipinski definition) is 5. The van der Waals surface area contributed by atoms with Gasteiger partial charge in [-0.05, 0) is 19.1 Å². The Morgan fingerprint density at radius 1 is 1.24 bits per heavy atom. The molecule has 1 heterocycles. The first-order valence-corrected chi connectivity index (χ1v) is 9.70. The maximum Gasteiger partial charge on any atom is 0.228 e. The highest BCUT2D eigenvalue weighted by molar-refractivity contribution is 7.99. The molecule has 0 spiro atoms. The summed E-state index contributed by atoms with van der Waals surface area (Å²) in [7, 11) is 0. The van der Waals surface area contributed by atoms with Crippen molar-refractivity contribution in [2.75, 3.05) is 25.4 Å². The molecule has 2 aromatic rings. The highest BCUT2D eigenvalue weighted by Crippen LogP contribution is 2.15. The molecule has 0 aliphatic heterocycles. The molecule has 0 aliphatic carbocycles. The van der Waals surface area contributed by atoms with Gasteiger partial charge in [-0.1, -0.05) is 37.2 Å². The molecular formula is C18H27N5OS. The second-order valence-corrected chi connectivity index (χ2v) is 6.97. The van der Waals surface area contributed by atoms with Crippen LogP contribution in [0.5, 0.6) is 0 Å². The summed E-state index contributed by atoms with van der Waals surface area (Å²) in [5.74, 6) is 3.47. The standard InChI is InChI=1S/C18H27N5OS/c1-4-19-18(21-12-13-25-15-8-6-5-7-9-15)20-11-10-16-22-17(14(2)3)23-24-16/h5-9,14H,4,10-13H2,1-3H3,(H2,19,20,21). The highest BCUT2D eigenvalue weighted by atomic mass is 32.2. The van der Waals surface area contributed by atoms with Gasteiger partial charge in [0.1, 0.15) is 0 Å². The van der Waals surface area contributed by atoms with E-state index in [0.29, 0.717) is 18.9 Å². The first kappa shape index (κ1) is 19.3. The summed E-state index contributed by atoms with van der Waals surface area (Å²) < 4.78 is 5.24. The van der Waals surface area contributed by atoms with Crippen LogP contribution in [0.4, 0.5) is 0 Å². The number of aromatic nitrogens is 2. The average Bonchev–Trinajstić information content (AvgIpc) is 3.09. The van der Waals surface area contributed by atoms with Crippen LogP contribution < -0.4 is 10.6 Å². The van der Waals surface area contributed by atoms with Crippen LogP contribution in [0.15, 0.2) is 44.7 Å². The molecule has 0 atom stereocenters. The van der Waals surface area contributed by atoms with E-state index in [4.69, 9.17) is 4.52 Å². The van der Waals surface area contributed by atoms with Crippen molar-refractivity contribution in [1.29, 1.82) is 0 Å². The zero-order chi connectivity index (χ0) is 17.9. The lowest BCUT2D eigenvalue weighted by Crippen LogP contribution is -2.38. The van der Waals surface area contributed by atoms with Crippen molar-refractivity contribution < 1.29 is 4.52 Å². The largest absolute Gasteiger partial charge is 0.357 e. The molecule has 0 aliphatic rings. The molecule has 7 heteroatoms. The summed E-state index contributed by atoms with van der Waals surface area (Å²) in [5, 5.41) is 10.6. The summed E-state index contributed by atoms with van der Waals surface area (Å²) in [5.41, 5.74) is 0. The van der Waals surface area contributed by atoms with E-state index in [2.05, 4.69) is 57.0 Å². The molecule has 1 aromatic heterocycles. The zero-order valence-corrected chi connectivity index (χ0v) is 16.0. The molecule has 0 radical (unpaired) electrons. The van der Waals surface area contributed by atoms with E-state index < -0.39 is 0 Å². The molecule has 0 amide bonds. The lowest BCUT2D eigenvalue weighted by atomic mass is 10.2. The van der Waals surface area contributed by atoms with Gasteiger partial charge in [-0.25, -0.2) is 0 Å². The minimum atomic E-state index is 0.280. The smallest absolute Gasteiger partial charge is 0.228 e. The van der Waals surface area contributed by atoms with Crippen LogP contribution in [0.2, 0.25) is 0 Å². The summed E-state index contributed by atoms with van der Waals surface area (Å²) >= 11 is 1.83. The van der Waals surface area contributed by atoms with Gasteiger partial charge in [-0.15, -0.1) is 11.8 Å². The molecule has 0 saturated heterocycles. The Morgan fingerprint density at radius 2 is 2.04 bits per heavy atom. The second-order valence-electron chi connectivity index (χ2n) is 5.80. The monoisotopic (exact) mass is 361 g/mol. The predicted octanol–water partition coefficient (Wildman–Crippen LogP) is 3.08. The molecule has 0 saturated carbocycles. The maximum absolute atomic E-state index is 5.24. The Morgan fingerprint density at radius 3 is 2.72 bits per heavy atom. The molecule has 0 unspecified atom stereocenters. The fourth-order valence-electron chi connectivity index (χ4n) is 2.06. The van der Waals surface area contributed by atoms with Gasteiger partial charge in [0.15, 0.2) is 11.8 Å². The van der Waals surface area contributed by atoms with E-state index in [-0.39, 0.29) is 5.92 Å². The number of nitrogens with one attached hydrogen (secondary N) is 2. The van der Waals surface area contributed by atoms with Crippen LogP contribution in [0, 0.1) is 0 Å². The zero-order valence-electron chi connectivity index (χ0n) is 15.2. The number of rotatable bonds is 9. The van der Waals surface area contributed by atoms with E-state index >= 15 is 0 Å². The quantitative estimate of drug-likeness (QED) is 0.309. The molecule has 6 nitrogen and oxygen atoms in total. The third-order valence-electron chi connectivity index (χ3n) is 3.35. The van der Waals surface area contributed by atoms with Gasteiger partial charge >= 0.3 is 0 Å². The first-order valence-electron chi connectivity index (χ1n) is 8.71. The Balaban J connectivity index is 1.73. The molecule has 136 valence electrons. The molecule has 2 rings (SSSR count). The Hall–Kier alpha value is -2.02. The lowest BCUT2D eigenvalue weighted by Gasteiger charge is -2.10. The van der Waals surface area contributed by atoms with Crippen LogP contribution in [0.25, 0.3) is 0 Å². The number of aliphatic imine (C=N–C) groups is 1. The number of hydrogen-bond donors (Lipinski definition) is 2. The lowest BCUT2D eigenvalue weighted by molar-refractivity contribution is 0.372. The van der Waals surface area contributed by atoms with Crippen LogP contribution in [-0.4, -0.2) is 41.5 Å². The summed E-state index contributed by atoms with van der Waals surface area (Å²) in [6, 6.07) is 10.4. The van der Waals surface area contributed by atoms with Gasteiger partial charge in [-0.2, -0.15) is 4.98 Å². The minimum absolute atomic E-state index is 0.280. The number of guanidine groups is 1. The SMILES string of the molecule is CCNC(=NCCc1nc(C(C)C)no1)NCCSc1ccccc1. The van der Waals surface area contributed by atoms with Gasteiger partial charge in [0, 0.05) is 36.1 Å². The van der Waals surface area contributed by atoms with Gasteiger partial charge < -0.3 is 15.2 Å². The van der Waals surface area contributed by atoms with E-state index in [1.54, 1.807) is 0 Å². The van der Waals surface area contributed by atoms with Crippen LogP contribution in [0.3, 0.4) is 0 Å². The Labute approximate surface area is 153 Å². The van der Waals surface area contributed by atoms with Crippen molar-refractivity contribution >= 4 is 17.7 Å². The van der Waals surface area contributed by atoms with E-state index in [1.807, 2.05) is 31.7 Å². The van der Waals surface area contributed by atoms with Crippen molar-refractivity contribution in [1.82, 2.24) is 20.8 Å². The van der Waals surface area contributed by atoms with Crippen molar-refractivity contribution in [3.05, 3.63) is 42.0 Å². The fraction of sp³-hybridized carbons (Fsp3) is 0.500. The summed E-state index contributed by atoms with van der Waals surface area (Å²) in [4.78, 5) is 10.2. The van der Waals surface area contributed by atoms with E-state index in [0.717, 1.165) is 30.6 Å². The van der Waals surface area contributed by atoms with E-state index in [1.165, 1.54) is 4.90 Å². The van der Waals surface area contributed by atoms with Gasteiger partial charge in [0.25, 0.3) is 0 Å². The Bertz CT molecular complexity index is 642. The third-order valence-corrected chi connectivity index (χ3v) is 4.36. The molecule has 1 aromatic carbocycles. The number of benzene rings is 1. The third kappa shape index (κ3) is 7.17. The van der Waals surface area contributed by atoms with Crippen molar-refractivity contribution in [3.63, 3.8) is 0 Å². The fourth-order valence-corrected chi connectivity index (χ4v) is 2.85. The number of nitrogens with zero attached hydrogens (tertiary/aromatic N) is 3. The second kappa shape index (κ2) is 10.8. The Kier molecular flexibility index (Phi) is 8.31. The minimum Gasteiger partial charge on any atom is -0.357 e. The summed E-state index contributed by atoms with van der Waals surface area (Å²) in [6.45, 7) is 8.45. The molecule has 0 bridgehead atoms. The highest BCUT2D eigenvalue weighted by Gasteiger charge is 2.09. The van der Waals surface area contributed by atoms with Crippen LogP contribution >= 0.6 is 11.8 Å². The normalized spacial score (nSPS) is 11.8. The molecule has 25 heavy (non-hydrogen) atoms. The molecule has 0 fully saturated rings. The van der Waals surface area contributed by atoms with Crippen LogP contribution in [0.1, 0.15) is 38.4 Å². The number of thioether (sulfide) groups is 1. The topological polar surface area (TPSA) is 75.3 Å². The first-order chi connectivity index (χ1) is 12.2. The molecular weight excluding hydrogens is 334 g/mol. The van der Waals surface area contributed by atoms with Gasteiger partial charge in [0.2, 0.25) is 5.89 Å². The van der Waals surface area contributed by atoms with Crippen molar-refractivity contribution in [3.8, 4) is 0 Å². The van der Waals surface area contributed by atoms with Gasteiger partial charge in [-0.3, -0.25) is 4.99 Å². The van der Waals surface area contributed by atoms with Crippen molar-refractivity contribution in [2.45, 2.75) is 38.0 Å². The maximum atomic E-state index is 5.24. The van der Waals surface area contributed by atoms with E-state index in [9.17, 15) is 0 Å². The van der Waals surface area contributed by atoms with Gasteiger partial charge in [0.05, 0.1) is 6.54 Å².